The van der Waals surface area contributed by atoms with Gasteiger partial charge in [0.1, 0.15) is 5.82 Å². The van der Waals surface area contributed by atoms with Gasteiger partial charge in [-0.15, -0.1) is 0 Å². The SMILES string of the molecule is CCNC(Cc1ccc(F)cc1Cl)C(C)(C)N(CC)CC. The number of hydrogen-bond donors (Lipinski definition) is 1. The van der Waals surface area contributed by atoms with Gasteiger partial charge in [0.05, 0.1) is 0 Å². The van der Waals surface area contributed by atoms with Crippen LogP contribution in [-0.4, -0.2) is 36.1 Å². The first-order chi connectivity index (χ1) is 9.86. The van der Waals surface area contributed by atoms with Gasteiger partial charge in [0.25, 0.3) is 0 Å². The minimum atomic E-state index is -0.285. The zero-order valence-electron chi connectivity index (χ0n) is 13.8. The molecule has 0 fully saturated rings. The molecule has 0 aliphatic carbocycles. The molecule has 0 aliphatic rings. The number of likely N-dealkylation sites (N-methyl/N-ethyl adjacent to an activating group) is 2. The lowest BCUT2D eigenvalue weighted by Crippen LogP contribution is -2.58. The van der Waals surface area contributed by atoms with E-state index in [1.165, 1.54) is 12.1 Å². The third-order valence-corrected chi connectivity index (χ3v) is 4.67. The summed E-state index contributed by atoms with van der Waals surface area (Å²) in [6.07, 6.45) is 0.788. The van der Waals surface area contributed by atoms with E-state index in [1.807, 2.05) is 0 Å². The van der Waals surface area contributed by atoms with Crippen LogP contribution in [0, 0.1) is 5.82 Å². The molecule has 0 saturated carbocycles. The Morgan fingerprint density at radius 3 is 2.33 bits per heavy atom. The van der Waals surface area contributed by atoms with E-state index in [2.05, 4.69) is 44.8 Å². The van der Waals surface area contributed by atoms with Crippen LogP contribution in [0.2, 0.25) is 5.02 Å². The summed E-state index contributed by atoms with van der Waals surface area (Å²) in [6.45, 7) is 13.9. The van der Waals surface area contributed by atoms with Gasteiger partial charge in [-0.05, 0) is 57.6 Å². The van der Waals surface area contributed by atoms with Gasteiger partial charge in [-0.1, -0.05) is 38.4 Å². The fourth-order valence-electron chi connectivity index (χ4n) is 2.98. The van der Waals surface area contributed by atoms with E-state index in [9.17, 15) is 4.39 Å². The van der Waals surface area contributed by atoms with Gasteiger partial charge in [-0.3, -0.25) is 4.90 Å². The molecule has 0 radical (unpaired) electrons. The highest BCUT2D eigenvalue weighted by Gasteiger charge is 2.33. The predicted molar refractivity (Wildman–Crippen MR) is 89.6 cm³/mol. The molecular weight excluding hydrogens is 287 g/mol. The van der Waals surface area contributed by atoms with Crippen LogP contribution >= 0.6 is 11.6 Å². The third kappa shape index (κ3) is 4.67. The van der Waals surface area contributed by atoms with E-state index in [1.54, 1.807) is 6.07 Å². The summed E-state index contributed by atoms with van der Waals surface area (Å²) < 4.78 is 13.2. The monoisotopic (exact) mass is 314 g/mol. The van der Waals surface area contributed by atoms with Gasteiger partial charge in [0, 0.05) is 16.6 Å². The summed E-state index contributed by atoms with van der Waals surface area (Å²) in [5, 5.41) is 4.08. The molecule has 0 aliphatic heterocycles. The molecule has 120 valence electrons. The highest BCUT2D eigenvalue weighted by molar-refractivity contribution is 6.31. The van der Waals surface area contributed by atoms with Crippen LogP contribution in [0.15, 0.2) is 18.2 Å². The van der Waals surface area contributed by atoms with Crippen molar-refractivity contribution in [3.63, 3.8) is 0 Å². The summed E-state index contributed by atoms with van der Waals surface area (Å²) in [5.41, 5.74) is 0.987. The quantitative estimate of drug-likeness (QED) is 0.776. The molecule has 2 nitrogen and oxygen atoms in total. The Kier molecular flexibility index (Phi) is 7.11. The van der Waals surface area contributed by atoms with E-state index in [-0.39, 0.29) is 17.4 Å². The van der Waals surface area contributed by atoms with Gasteiger partial charge in [0.15, 0.2) is 0 Å². The minimum Gasteiger partial charge on any atom is -0.312 e. The third-order valence-electron chi connectivity index (χ3n) is 4.32. The summed E-state index contributed by atoms with van der Waals surface area (Å²) in [6, 6.07) is 4.92. The van der Waals surface area contributed by atoms with Crippen molar-refractivity contribution in [2.24, 2.45) is 0 Å². The van der Waals surface area contributed by atoms with Crippen LogP contribution in [0.1, 0.15) is 40.2 Å². The number of benzene rings is 1. The van der Waals surface area contributed by atoms with Crippen molar-refractivity contribution in [1.82, 2.24) is 10.2 Å². The molecule has 1 rings (SSSR count). The molecule has 0 heterocycles. The second kappa shape index (κ2) is 8.11. The Morgan fingerprint density at radius 1 is 1.24 bits per heavy atom. The molecule has 0 bridgehead atoms. The Bertz CT molecular complexity index is 444. The highest BCUT2D eigenvalue weighted by atomic mass is 35.5. The fourth-order valence-corrected chi connectivity index (χ4v) is 3.23. The molecule has 1 atom stereocenters. The smallest absolute Gasteiger partial charge is 0.124 e. The topological polar surface area (TPSA) is 15.3 Å². The Balaban J connectivity index is 3.00. The number of nitrogens with zero attached hydrogens (tertiary/aromatic N) is 1. The van der Waals surface area contributed by atoms with E-state index in [0.717, 1.165) is 31.6 Å². The van der Waals surface area contributed by atoms with Crippen molar-refractivity contribution in [1.29, 1.82) is 0 Å². The second-order valence-corrected chi connectivity index (χ2v) is 6.28. The summed E-state index contributed by atoms with van der Waals surface area (Å²) in [5.74, 6) is -0.285. The molecule has 0 saturated heterocycles. The average molecular weight is 315 g/mol. The van der Waals surface area contributed by atoms with Crippen molar-refractivity contribution >= 4 is 11.6 Å². The lowest BCUT2D eigenvalue weighted by molar-refractivity contribution is 0.0918. The lowest BCUT2D eigenvalue weighted by atomic mass is 9.87. The Morgan fingerprint density at radius 2 is 1.86 bits per heavy atom. The van der Waals surface area contributed by atoms with Crippen LogP contribution in [0.4, 0.5) is 4.39 Å². The van der Waals surface area contributed by atoms with Crippen LogP contribution in [0.3, 0.4) is 0 Å². The summed E-state index contributed by atoms with van der Waals surface area (Å²) in [7, 11) is 0. The molecule has 1 N–H and O–H groups in total. The molecule has 0 aromatic heterocycles. The highest BCUT2D eigenvalue weighted by Crippen LogP contribution is 2.25. The van der Waals surface area contributed by atoms with E-state index < -0.39 is 0 Å². The average Bonchev–Trinajstić information content (AvgIpc) is 2.42. The van der Waals surface area contributed by atoms with Gasteiger partial charge in [0.2, 0.25) is 0 Å². The Labute approximate surface area is 133 Å². The molecule has 1 aromatic rings. The van der Waals surface area contributed by atoms with Crippen LogP contribution in [-0.2, 0) is 6.42 Å². The van der Waals surface area contributed by atoms with Gasteiger partial charge in [-0.25, -0.2) is 4.39 Å². The van der Waals surface area contributed by atoms with Crippen LogP contribution in [0.5, 0.6) is 0 Å². The molecule has 1 aromatic carbocycles. The molecule has 0 spiro atoms. The van der Waals surface area contributed by atoms with Crippen molar-refractivity contribution in [3.05, 3.63) is 34.6 Å². The molecular formula is C17H28ClFN2. The zero-order valence-corrected chi connectivity index (χ0v) is 14.6. The molecule has 0 amide bonds. The maximum absolute atomic E-state index is 13.2. The number of hydrogen-bond acceptors (Lipinski definition) is 2. The largest absolute Gasteiger partial charge is 0.312 e. The van der Waals surface area contributed by atoms with E-state index >= 15 is 0 Å². The fraction of sp³-hybridized carbons (Fsp3) is 0.647. The van der Waals surface area contributed by atoms with Crippen molar-refractivity contribution in [2.75, 3.05) is 19.6 Å². The molecule has 1 unspecified atom stereocenters. The second-order valence-electron chi connectivity index (χ2n) is 5.88. The van der Waals surface area contributed by atoms with Crippen molar-refractivity contribution < 1.29 is 4.39 Å². The Hall–Kier alpha value is -0.640. The summed E-state index contributed by atoms with van der Waals surface area (Å²) in [4.78, 5) is 2.44. The maximum atomic E-state index is 13.2. The number of halogens is 2. The molecule has 4 heteroatoms. The van der Waals surface area contributed by atoms with Gasteiger partial charge >= 0.3 is 0 Å². The zero-order chi connectivity index (χ0) is 16.0. The van der Waals surface area contributed by atoms with E-state index in [0.29, 0.717) is 5.02 Å². The maximum Gasteiger partial charge on any atom is 0.124 e. The van der Waals surface area contributed by atoms with Gasteiger partial charge in [-0.2, -0.15) is 0 Å². The predicted octanol–water partition coefficient (Wildman–Crippen LogP) is 4.12. The minimum absolute atomic E-state index is 0.00275. The van der Waals surface area contributed by atoms with Crippen LogP contribution < -0.4 is 5.32 Å². The van der Waals surface area contributed by atoms with Crippen molar-refractivity contribution in [3.8, 4) is 0 Å². The van der Waals surface area contributed by atoms with Crippen molar-refractivity contribution in [2.45, 2.75) is 52.6 Å². The number of nitrogens with one attached hydrogen (secondary N) is 1. The van der Waals surface area contributed by atoms with E-state index in [4.69, 9.17) is 11.6 Å². The van der Waals surface area contributed by atoms with Gasteiger partial charge < -0.3 is 5.32 Å². The molecule has 21 heavy (non-hydrogen) atoms. The standard InChI is InChI=1S/C17H28ClFN2/c1-6-20-16(17(4,5)21(7-2)8-3)11-13-9-10-14(19)12-15(13)18/h9-10,12,16,20H,6-8,11H2,1-5H3. The number of rotatable bonds is 8. The van der Waals surface area contributed by atoms with Crippen LogP contribution in [0.25, 0.3) is 0 Å². The summed E-state index contributed by atoms with van der Waals surface area (Å²) >= 11 is 6.19. The first-order valence-electron chi connectivity index (χ1n) is 7.79. The normalized spacial score (nSPS) is 13.7. The lowest BCUT2D eigenvalue weighted by Gasteiger charge is -2.44. The first kappa shape index (κ1) is 18.4. The first-order valence-corrected chi connectivity index (χ1v) is 8.16.